The van der Waals surface area contributed by atoms with Crippen molar-refractivity contribution >= 4 is 11.8 Å². The summed E-state index contributed by atoms with van der Waals surface area (Å²) in [5, 5.41) is 3.43. The molecule has 2 aliphatic heterocycles. The van der Waals surface area contributed by atoms with Crippen LogP contribution in [0.15, 0.2) is 0 Å². The molecule has 2 rings (SSSR count). The molecule has 2 amide bonds. The van der Waals surface area contributed by atoms with Crippen LogP contribution in [-0.4, -0.2) is 61.9 Å². The van der Waals surface area contributed by atoms with Crippen LogP contribution < -0.4 is 5.32 Å². The standard InChI is InChI=1S/C17H31N3O2/c1-13(15-5-4-8-18-12-15)11-16(21)20-9-6-14(7-10-20)17(22)19(2)3/h13-15,18H,4-12H2,1-3H3. The molecule has 0 spiro atoms. The summed E-state index contributed by atoms with van der Waals surface area (Å²) < 4.78 is 0. The van der Waals surface area contributed by atoms with Gasteiger partial charge in [-0.3, -0.25) is 9.59 Å². The van der Waals surface area contributed by atoms with Gasteiger partial charge in [-0.15, -0.1) is 0 Å². The number of nitrogens with one attached hydrogen (secondary N) is 1. The molecule has 1 N–H and O–H groups in total. The van der Waals surface area contributed by atoms with Gasteiger partial charge < -0.3 is 15.1 Å². The van der Waals surface area contributed by atoms with E-state index in [1.165, 1.54) is 12.8 Å². The fourth-order valence-corrected chi connectivity index (χ4v) is 3.68. The minimum atomic E-state index is 0.0963. The van der Waals surface area contributed by atoms with Crippen molar-refractivity contribution in [2.75, 3.05) is 40.3 Å². The van der Waals surface area contributed by atoms with Gasteiger partial charge in [-0.25, -0.2) is 0 Å². The summed E-state index contributed by atoms with van der Waals surface area (Å²) in [7, 11) is 3.61. The average Bonchev–Trinajstić information content (AvgIpc) is 2.55. The van der Waals surface area contributed by atoms with Crippen molar-refractivity contribution in [3.05, 3.63) is 0 Å². The molecule has 2 aliphatic rings. The van der Waals surface area contributed by atoms with Crippen molar-refractivity contribution < 1.29 is 9.59 Å². The van der Waals surface area contributed by atoms with Gasteiger partial charge in [0.2, 0.25) is 11.8 Å². The number of rotatable bonds is 4. The summed E-state index contributed by atoms with van der Waals surface area (Å²) in [6.45, 7) is 5.84. The molecular weight excluding hydrogens is 278 g/mol. The second-order valence-electron chi connectivity index (χ2n) is 7.18. The van der Waals surface area contributed by atoms with Crippen molar-refractivity contribution in [3.8, 4) is 0 Å². The van der Waals surface area contributed by atoms with Gasteiger partial charge >= 0.3 is 0 Å². The third kappa shape index (κ3) is 4.45. The Morgan fingerprint density at radius 2 is 1.91 bits per heavy atom. The average molecular weight is 309 g/mol. The third-order valence-electron chi connectivity index (χ3n) is 5.27. The van der Waals surface area contributed by atoms with Gasteiger partial charge in [0.25, 0.3) is 0 Å². The van der Waals surface area contributed by atoms with Gasteiger partial charge in [-0.05, 0) is 50.6 Å². The van der Waals surface area contributed by atoms with E-state index in [4.69, 9.17) is 0 Å². The Labute approximate surface area is 134 Å². The molecule has 0 aromatic heterocycles. The molecule has 2 unspecified atom stereocenters. The van der Waals surface area contributed by atoms with Gasteiger partial charge in [0.1, 0.15) is 0 Å². The highest BCUT2D eigenvalue weighted by molar-refractivity contribution is 5.80. The SMILES string of the molecule is CC(CC(=O)N1CCC(C(=O)N(C)C)CC1)C1CCCNC1. The molecular formula is C17H31N3O2. The molecule has 2 fully saturated rings. The summed E-state index contributed by atoms with van der Waals surface area (Å²) in [6.07, 6.45) is 4.73. The lowest BCUT2D eigenvalue weighted by Gasteiger charge is -2.34. The molecule has 22 heavy (non-hydrogen) atoms. The first-order chi connectivity index (χ1) is 10.5. The highest BCUT2D eigenvalue weighted by atomic mass is 16.2. The van der Waals surface area contributed by atoms with E-state index >= 15 is 0 Å². The van der Waals surface area contributed by atoms with E-state index in [1.54, 1.807) is 19.0 Å². The Morgan fingerprint density at radius 3 is 2.45 bits per heavy atom. The van der Waals surface area contributed by atoms with Gasteiger partial charge in [-0.1, -0.05) is 6.92 Å². The molecule has 0 bridgehead atoms. The number of nitrogens with zero attached hydrogens (tertiary/aromatic N) is 2. The minimum Gasteiger partial charge on any atom is -0.349 e. The molecule has 2 heterocycles. The Hall–Kier alpha value is -1.10. The van der Waals surface area contributed by atoms with Crippen molar-refractivity contribution in [1.29, 1.82) is 0 Å². The number of amides is 2. The van der Waals surface area contributed by atoms with Crippen molar-refractivity contribution in [2.24, 2.45) is 17.8 Å². The van der Waals surface area contributed by atoms with Crippen LogP contribution >= 0.6 is 0 Å². The Morgan fingerprint density at radius 1 is 1.23 bits per heavy atom. The van der Waals surface area contributed by atoms with Crippen LogP contribution in [0.1, 0.15) is 39.0 Å². The summed E-state index contributed by atoms with van der Waals surface area (Å²) in [6, 6.07) is 0. The van der Waals surface area contributed by atoms with Crippen LogP contribution in [0.4, 0.5) is 0 Å². The van der Waals surface area contributed by atoms with Crippen LogP contribution in [0.5, 0.6) is 0 Å². The van der Waals surface area contributed by atoms with Crippen LogP contribution in [0.2, 0.25) is 0 Å². The zero-order valence-corrected chi connectivity index (χ0v) is 14.3. The van der Waals surface area contributed by atoms with Crippen molar-refractivity contribution in [1.82, 2.24) is 15.1 Å². The summed E-state index contributed by atoms with van der Waals surface area (Å²) in [5.41, 5.74) is 0. The summed E-state index contributed by atoms with van der Waals surface area (Å²) in [5.74, 6) is 1.65. The van der Waals surface area contributed by atoms with Crippen molar-refractivity contribution in [3.63, 3.8) is 0 Å². The van der Waals surface area contributed by atoms with E-state index in [9.17, 15) is 9.59 Å². The topological polar surface area (TPSA) is 52.7 Å². The predicted molar refractivity (Wildman–Crippen MR) is 87.4 cm³/mol. The molecule has 0 saturated carbocycles. The molecule has 2 atom stereocenters. The fourth-order valence-electron chi connectivity index (χ4n) is 3.68. The summed E-state index contributed by atoms with van der Waals surface area (Å²) in [4.78, 5) is 28.1. The first kappa shape index (κ1) is 17.3. The fraction of sp³-hybridized carbons (Fsp3) is 0.882. The monoisotopic (exact) mass is 309 g/mol. The second kappa shape index (κ2) is 7.95. The maximum atomic E-state index is 12.5. The predicted octanol–water partition coefficient (Wildman–Crippen LogP) is 1.34. The second-order valence-corrected chi connectivity index (χ2v) is 7.18. The first-order valence-electron chi connectivity index (χ1n) is 8.68. The van der Waals surface area contributed by atoms with Gasteiger partial charge in [0, 0.05) is 39.5 Å². The zero-order chi connectivity index (χ0) is 16.1. The minimum absolute atomic E-state index is 0.0963. The number of likely N-dealkylation sites (tertiary alicyclic amines) is 1. The molecule has 0 radical (unpaired) electrons. The molecule has 5 nitrogen and oxygen atoms in total. The van der Waals surface area contributed by atoms with Crippen LogP contribution in [0.25, 0.3) is 0 Å². The number of hydrogen-bond donors (Lipinski definition) is 1. The number of carbonyl (C=O) groups is 2. The van der Waals surface area contributed by atoms with Gasteiger partial charge in [-0.2, -0.15) is 0 Å². The van der Waals surface area contributed by atoms with Crippen LogP contribution in [0.3, 0.4) is 0 Å². The lowest BCUT2D eigenvalue weighted by atomic mass is 9.85. The van der Waals surface area contributed by atoms with E-state index < -0.39 is 0 Å². The third-order valence-corrected chi connectivity index (χ3v) is 5.27. The van der Waals surface area contributed by atoms with Crippen LogP contribution in [-0.2, 0) is 9.59 Å². The lowest BCUT2D eigenvalue weighted by molar-refractivity contribution is -0.139. The molecule has 0 aromatic carbocycles. The van der Waals surface area contributed by atoms with E-state index in [2.05, 4.69) is 12.2 Å². The van der Waals surface area contributed by atoms with Crippen molar-refractivity contribution in [2.45, 2.75) is 39.0 Å². The van der Waals surface area contributed by atoms with E-state index in [-0.39, 0.29) is 17.7 Å². The molecule has 0 aliphatic carbocycles. The Bertz CT molecular complexity index is 383. The largest absolute Gasteiger partial charge is 0.349 e. The Kier molecular flexibility index (Phi) is 6.24. The van der Waals surface area contributed by atoms with Gasteiger partial charge in [0.15, 0.2) is 0 Å². The zero-order valence-electron chi connectivity index (χ0n) is 14.3. The highest BCUT2D eigenvalue weighted by Crippen LogP contribution is 2.25. The molecule has 5 heteroatoms. The smallest absolute Gasteiger partial charge is 0.225 e. The quantitative estimate of drug-likeness (QED) is 0.852. The van der Waals surface area contributed by atoms with Crippen LogP contribution in [0, 0.1) is 17.8 Å². The highest BCUT2D eigenvalue weighted by Gasteiger charge is 2.30. The number of piperidine rings is 2. The van der Waals surface area contributed by atoms with Gasteiger partial charge in [0.05, 0.1) is 0 Å². The Balaban J connectivity index is 1.76. The molecule has 2 saturated heterocycles. The molecule has 126 valence electrons. The number of hydrogen-bond acceptors (Lipinski definition) is 3. The van der Waals surface area contributed by atoms with E-state index in [0.717, 1.165) is 39.0 Å². The van der Waals surface area contributed by atoms with E-state index in [0.29, 0.717) is 18.3 Å². The molecule has 0 aromatic rings. The lowest BCUT2D eigenvalue weighted by Crippen LogP contribution is -2.43. The summed E-state index contributed by atoms with van der Waals surface area (Å²) >= 11 is 0. The maximum absolute atomic E-state index is 12.5. The first-order valence-corrected chi connectivity index (χ1v) is 8.68. The normalized spacial score (nSPS) is 24.9. The maximum Gasteiger partial charge on any atom is 0.225 e. The number of carbonyl (C=O) groups excluding carboxylic acids is 2. The van der Waals surface area contributed by atoms with E-state index in [1.807, 2.05) is 4.90 Å².